The second kappa shape index (κ2) is 4.39. The van der Waals surface area contributed by atoms with Gasteiger partial charge in [0.05, 0.1) is 11.8 Å². The molecule has 1 aliphatic heterocycles. The van der Waals surface area contributed by atoms with Crippen molar-refractivity contribution in [3.63, 3.8) is 0 Å². The van der Waals surface area contributed by atoms with Crippen molar-refractivity contribution >= 4 is 0 Å². The molecule has 0 amide bonds. The Bertz CT molecular complexity index is 344. The molecule has 0 radical (unpaired) electrons. The van der Waals surface area contributed by atoms with Gasteiger partial charge in [-0.3, -0.25) is 10.1 Å². The minimum Gasteiger partial charge on any atom is -0.357 e. The molecule has 15 heavy (non-hydrogen) atoms. The van der Waals surface area contributed by atoms with Gasteiger partial charge in [0.2, 0.25) is 6.54 Å². The Morgan fingerprint density at radius 3 is 3.20 bits per heavy atom. The van der Waals surface area contributed by atoms with Crippen LogP contribution in [0.25, 0.3) is 0 Å². The summed E-state index contributed by atoms with van der Waals surface area (Å²) in [7, 11) is 0. The average molecular weight is 211 g/mol. The number of hydrogen-bond donors (Lipinski definition) is 0. The molecule has 6 heteroatoms. The molecule has 1 fully saturated rings. The van der Waals surface area contributed by atoms with Gasteiger partial charge < -0.3 is 4.74 Å². The quantitative estimate of drug-likeness (QED) is 0.559. The molecular formula is C9H13N3O3. The molecule has 0 saturated carbocycles. The molecule has 1 aliphatic rings. The van der Waals surface area contributed by atoms with E-state index in [-0.39, 0.29) is 17.7 Å². The molecule has 0 N–H and O–H groups in total. The lowest BCUT2D eigenvalue weighted by Crippen LogP contribution is -2.18. The highest BCUT2D eigenvalue weighted by Gasteiger charge is 2.17. The van der Waals surface area contributed by atoms with Crippen molar-refractivity contribution in [3.05, 3.63) is 28.1 Å². The summed E-state index contributed by atoms with van der Waals surface area (Å²) < 4.78 is 7.19. The first kappa shape index (κ1) is 10.1. The highest BCUT2D eigenvalue weighted by atomic mass is 16.6. The van der Waals surface area contributed by atoms with E-state index in [1.807, 2.05) is 0 Å². The van der Waals surface area contributed by atoms with E-state index in [0.717, 1.165) is 25.9 Å². The second-order valence-corrected chi connectivity index (χ2v) is 3.64. The van der Waals surface area contributed by atoms with Gasteiger partial charge in [-0.2, -0.15) is 5.10 Å². The molecular weight excluding hydrogens is 198 g/mol. The van der Waals surface area contributed by atoms with Crippen LogP contribution in [-0.4, -0.2) is 21.3 Å². The van der Waals surface area contributed by atoms with E-state index in [1.54, 1.807) is 10.9 Å². The molecule has 0 aliphatic carbocycles. The van der Waals surface area contributed by atoms with E-state index in [9.17, 15) is 10.1 Å². The summed E-state index contributed by atoms with van der Waals surface area (Å²) in [5.74, 6) is 0. The summed E-state index contributed by atoms with van der Waals surface area (Å²) in [6, 6.07) is 0. The fraction of sp³-hybridized carbons (Fsp3) is 0.667. The van der Waals surface area contributed by atoms with Crippen LogP contribution in [0.3, 0.4) is 0 Å². The lowest BCUT2D eigenvalue weighted by Gasteiger charge is -2.22. The van der Waals surface area contributed by atoms with E-state index in [1.165, 1.54) is 6.20 Å². The number of ether oxygens (including phenoxy) is 1. The van der Waals surface area contributed by atoms with Crippen molar-refractivity contribution in [1.82, 2.24) is 9.78 Å². The van der Waals surface area contributed by atoms with Crippen molar-refractivity contribution in [3.8, 4) is 0 Å². The molecule has 1 saturated heterocycles. The first-order valence-electron chi connectivity index (χ1n) is 5.02. The Labute approximate surface area is 87.0 Å². The Balaban J connectivity index is 2.02. The maximum atomic E-state index is 10.3. The van der Waals surface area contributed by atoms with Crippen LogP contribution < -0.4 is 0 Å². The Morgan fingerprint density at radius 2 is 2.53 bits per heavy atom. The third-order valence-electron chi connectivity index (χ3n) is 2.42. The fourth-order valence-corrected chi connectivity index (χ4v) is 1.70. The number of nitro groups is 1. The number of rotatable bonds is 3. The maximum absolute atomic E-state index is 10.3. The molecule has 6 nitrogen and oxygen atoms in total. The highest BCUT2D eigenvalue weighted by molar-refractivity contribution is 5.02. The molecule has 2 rings (SSSR count). The van der Waals surface area contributed by atoms with Crippen LogP contribution in [0, 0.1) is 10.1 Å². The first-order valence-corrected chi connectivity index (χ1v) is 5.02. The average Bonchev–Trinajstić information content (AvgIpc) is 2.67. The van der Waals surface area contributed by atoms with Gasteiger partial charge in [-0.15, -0.1) is 0 Å². The second-order valence-electron chi connectivity index (χ2n) is 3.64. The summed E-state index contributed by atoms with van der Waals surface area (Å²) >= 11 is 0. The minimum absolute atomic E-state index is 0.0424. The molecule has 1 aromatic rings. The van der Waals surface area contributed by atoms with Gasteiger partial charge in [-0.05, 0) is 19.3 Å². The van der Waals surface area contributed by atoms with Crippen molar-refractivity contribution < 1.29 is 9.66 Å². The van der Waals surface area contributed by atoms with Crippen LogP contribution in [0.2, 0.25) is 0 Å². The third-order valence-corrected chi connectivity index (χ3v) is 2.42. The van der Waals surface area contributed by atoms with E-state index in [2.05, 4.69) is 5.10 Å². The van der Waals surface area contributed by atoms with Crippen molar-refractivity contribution in [2.45, 2.75) is 32.0 Å². The fourth-order valence-electron chi connectivity index (χ4n) is 1.70. The van der Waals surface area contributed by atoms with Crippen LogP contribution in [0.15, 0.2) is 12.4 Å². The predicted octanol–water partition coefficient (Wildman–Crippen LogP) is 1.36. The van der Waals surface area contributed by atoms with Crippen LogP contribution in [0.4, 0.5) is 0 Å². The van der Waals surface area contributed by atoms with Gasteiger partial charge in [0, 0.05) is 17.7 Å². The van der Waals surface area contributed by atoms with Crippen molar-refractivity contribution in [1.29, 1.82) is 0 Å². The van der Waals surface area contributed by atoms with Gasteiger partial charge in [0.25, 0.3) is 0 Å². The Hall–Kier alpha value is -1.43. The molecule has 0 bridgehead atoms. The number of nitrogens with zero attached hydrogens (tertiary/aromatic N) is 3. The Kier molecular flexibility index (Phi) is 2.96. The predicted molar refractivity (Wildman–Crippen MR) is 51.8 cm³/mol. The monoisotopic (exact) mass is 211 g/mol. The SMILES string of the molecule is O=[N+]([O-])Cc1cnn([C@@H]2CCCCO2)c1. The third kappa shape index (κ3) is 2.53. The smallest absolute Gasteiger partial charge is 0.231 e. The zero-order valence-corrected chi connectivity index (χ0v) is 8.33. The van der Waals surface area contributed by atoms with Crippen molar-refractivity contribution in [2.75, 3.05) is 6.61 Å². The first-order chi connectivity index (χ1) is 7.25. The molecule has 1 atom stereocenters. The van der Waals surface area contributed by atoms with Crippen molar-refractivity contribution in [2.24, 2.45) is 0 Å². The Morgan fingerprint density at radius 1 is 1.67 bits per heavy atom. The number of aromatic nitrogens is 2. The summed E-state index contributed by atoms with van der Waals surface area (Å²) in [5.41, 5.74) is 0.620. The summed E-state index contributed by atoms with van der Waals surface area (Å²) in [6.45, 7) is 0.571. The molecule has 2 heterocycles. The molecule has 1 aromatic heterocycles. The molecule has 82 valence electrons. The van der Waals surface area contributed by atoms with E-state index in [4.69, 9.17) is 4.74 Å². The lowest BCUT2D eigenvalue weighted by molar-refractivity contribution is -0.496. The minimum atomic E-state index is -0.358. The van der Waals surface area contributed by atoms with Crippen LogP contribution in [0.5, 0.6) is 0 Å². The van der Waals surface area contributed by atoms with Crippen LogP contribution in [0.1, 0.15) is 31.1 Å². The zero-order chi connectivity index (χ0) is 10.7. The highest BCUT2D eigenvalue weighted by Crippen LogP contribution is 2.21. The zero-order valence-electron chi connectivity index (χ0n) is 8.33. The standard InChI is InChI=1S/C9H13N3O3/c13-12(14)7-8-5-10-11(6-8)9-3-1-2-4-15-9/h5-6,9H,1-4,7H2/t9-/m0/s1. The van der Waals surface area contributed by atoms with Gasteiger partial charge in [0.15, 0.2) is 0 Å². The summed E-state index contributed by atoms with van der Waals surface area (Å²) in [6.07, 6.45) is 6.31. The van der Waals surface area contributed by atoms with E-state index < -0.39 is 0 Å². The van der Waals surface area contributed by atoms with Gasteiger partial charge in [-0.1, -0.05) is 0 Å². The van der Waals surface area contributed by atoms with Crippen LogP contribution in [-0.2, 0) is 11.3 Å². The van der Waals surface area contributed by atoms with Gasteiger partial charge in [0.1, 0.15) is 6.23 Å². The topological polar surface area (TPSA) is 70.2 Å². The van der Waals surface area contributed by atoms with Gasteiger partial charge in [-0.25, -0.2) is 4.68 Å². The largest absolute Gasteiger partial charge is 0.357 e. The number of hydrogen-bond acceptors (Lipinski definition) is 4. The molecule has 0 spiro atoms. The van der Waals surface area contributed by atoms with E-state index in [0.29, 0.717) is 5.56 Å². The summed E-state index contributed by atoms with van der Waals surface area (Å²) in [5, 5.41) is 14.4. The van der Waals surface area contributed by atoms with E-state index >= 15 is 0 Å². The van der Waals surface area contributed by atoms with Crippen LogP contribution >= 0.6 is 0 Å². The van der Waals surface area contributed by atoms with Gasteiger partial charge >= 0.3 is 0 Å². The molecule has 0 unspecified atom stereocenters. The normalized spacial score (nSPS) is 21.5. The molecule has 0 aromatic carbocycles. The summed E-state index contributed by atoms with van der Waals surface area (Å²) in [4.78, 5) is 9.93. The lowest BCUT2D eigenvalue weighted by atomic mass is 10.2. The maximum Gasteiger partial charge on any atom is 0.231 e.